The van der Waals surface area contributed by atoms with E-state index in [9.17, 15) is 0 Å². The molecular weight excluding hydrogens is 144 g/mol. The van der Waals surface area contributed by atoms with Gasteiger partial charge < -0.3 is 0 Å². The van der Waals surface area contributed by atoms with E-state index in [2.05, 4.69) is 48.6 Å². The molecule has 0 atom stereocenters. The van der Waals surface area contributed by atoms with Crippen molar-refractivity contribution in [1.82, 2.24) is 0 Å². The second kappa shape index (κ2) is 6.66. The number of hydrogen-bond acceptors (Lipinski definition) is 0. The maximum atomic E-state index is 2.27. The van der Waals surface area contributed by atoms with Crippen molar-refractivity contribution in [3.8, 4) is 0 Å². The number of hydrogen-bond donors (Lipinski definition) is 0. The lowest BCUT2D eigenvalue weighted by Gasteiger charge is -1.90. The highest BCUT2D eigenvalue weighted by Gasteiger charge is 1.80. The quantitative estimate of drug-likeness (QED) is 0.473. The topological polar surface area (TPSA) is 0 Å². The van der Waals surface area contributed by atoms with Gasteiger partial charge in [0.25, 0.3) is 0 Å². The first-order valence-electron chi connectivity index (χ1n) is 4.63. The Morgan fingerprint density at radius 1 is 0.583 bits per heavy atom. The molecule has 0 aliphatic heterocycles. The Kier molecular flexibility index (Phi) is 5.02. The van der Waals surface area contributed by atoms with E-state index >= 15 is 0 Å². The van der Waals surface area contributed by atoms with Gasteiger partial charge in [0.2, 0.25) is 0 Å². The third kappa shape index (κ3) is 4.73. The average molecular weight is 160 g/mol. The average Bonchev–Trinajstić information content (AvgIpc) is 2.05. The third-order valence-corrected chi connectivity index (χ3v) is 1.79. The summed E-state index contributed by atoms with van der Waals surface area (Å²) in [6.45, 7) is 0. The Bertz CT molecular complexity index is 204. The summed E-state index contributed by atoms with van der Waals surface area (Å²) in [6, 6.07) is 0. The van der Waals surface area contributed by atoms with Crippen LogP contribution in [0.1, 0.15) is 25.7 Å². The van der Waals surface area contributed by atoms with Crippen LogP contribution in [-0.2, 0) is 0 Å². The summed E-state index contributed by atoms with van der Waals surface area (Å²) < 4.78 is 0. The highest BCUT2D eigenvalue weighted by Crippen LogP contribution is 2.00. The van der Waals surface area contributed by atoms with Gasteiger partial charge in [0.05, 0.1) is 0 Å². The molecule has 0 fully saturated rings. The van der Waals surface area contributed by atoms with Crippen molar-refractivity contribution >= 4 is 0 Å². The van der Waals surface area contributed by atoms with Crippen molar-refractivity contribution in [1.29, 1.82) is 0 Å². The van der Waals surface area contributed by atoms with Crippen LogP contribution < -0.4 is 0 Å². The van der Waals surface area contributed by atoms with Crippen LogP contribution in [0.15, 0.2) is 48.6 Å². The molecule has 0 radical (unpaired) electrons. The molecule has 1 rings (SSSR count). The predicted octanol–water partition coefficient (Wildman–Crippen LogP) is 3.79. The van der Waals surface area contributed by atoms with Crippen molar-refractivity contribution in [3.63, 3.8) is 0 Å². The van der Waals surface area contributed by atoms with Gasteiger partial charge in [0.1, 0.15) is 0 Å². The SMILES string of the molecule is C1=C/C=C\CCC/C=C\CC=C1. The van der Waals surface area contributed by atoms with Gasteiger partial charge in [-0.2, -0.15) is 0 Å². The normalized spacial score (nSPS) is 24.0. The van der Waals surface area contributed by atoms with Gasteiger partial charge in [0, 0.05) is 0 Å². The first-order valence-corrected chi connectivity index (χ1v) is 4.63. The van der Waals surface area contributed by atoms with Crippen molar-refractivity contribution in [2.24, 2.45) is 0 Å². The van der Waals surface area contributed by atoms with Crippen LogP contribution in [0.2, 0.25) is 0 Å². The molecule has 12 heavy (non-hydrogen) atoms. The molecule has 0 spiro atoms. The van der Waals surface area contributed by atoms with Gasteiger partial charge in [0.15, 0.2) is 0 Å². The molecule has 1 aliphatic carbocycles. The minimum absolute atomic E-state index is 1.06. The fourth-order valence-corrected chi connectivity index (χ4v) is 1.11. The van der Waals surface area contributed by atoms with E-state index in [-0.39, 0.29) is 0 Å². The van der Waals surface area contributed by atoms with Crippen LogP contribution >= 0.6 is 0 Å². The van der Waals surface area contributed by atoms with Gasteiger partial charge in [-0.05, 0) is 25.7 Å². The Balaban J connectivity index is 2.42. The van der Waals surface area contributed by atoms with Gasteiger partial charge in [-0.3, -0.25) is 0 Å². The molecule has 0 aromatic rings. The molecule has 0 amide bonds. The molecule has 0 saturated heterocycles. The largest absolute Gasteiger partial charge is 0.0882 e. The van der Waals surface area contributed by atoms with Gasteiger partial charge in [-0.1, -0.05) is 48.6 Å². The molecule has 0 heterocycles. The van der Waals surface area contributed by atoms with Crippen molar-refractivity contribution in [2.75, 3.05) is 0 Å². The van der Waals surface area contributed by atoms with Gasteiger partial charge in [-0.15, -0.1) is 0 Å². The van der Waals surface area contributed by atoms with Crippen LogP contribution in [0.5, 0.6) is 0 Å². The van der Waals surface area contributed by atoms with Crippen LogP contribution in [0, 0.1) is 0 Å². The molecule has 0 bridgehead atoms. The van der Waals surface area contributed by atoms with Crippen LogP contribution in [0.3, 0.4) is 0 Å². The zero-order valence-electron chi connectivity index (χ0n) is 7.45. The van der Waals surface area contributed by atoms with Crippen molar-refractivity contribution in [3.05, 3.63) is 48.6 Å². The van der Waals surface area contributed by atoms with Gasteiger partial charge >= 0.3 is 0 Å². The Morgan fingerprint density at radius 3 is 2.25 bits per heavy atom. The first-order chi connectivity index (χ1) is 6.00. The van der Waals surface area contributed by atoms with Crippen molar-refractivity contribution < 1.29 is 0 Å². The minimum atomic E-state index is 1.06. The smallest absolute Gasteiger partial charge is 0.0166 e. The lowest BCUT2D eigenvalue weighted by molar-refractivity contribution is 0.866. The van der Waals surface area contributed by atoms with E-state index in [1.807, 2.05) is 0 Å². The molecule has 1 aliphatic rings. The maximum Gasteiger partial charge on any atom is -0.0166 e. The fraction of sp³-hybridized carbons (Fsp3) is 0.333. The monoisotopic (exact) mass is 160 g/mol. The fourth-order valence-electron chi connectivity index (χ4n) is 1.11. The van der Waals surface area contributed by atoms with Crippen LogP contribution in [0.25, 0.3) is 0 Å². The second-order valence-corrected chi connectivity index (χ2v) is 2.88. The molecule has 0 N–H and O–H groups in total. The summed E-state index contributed by atoms with van der Waals surface area (Å²) >= 11 is 0. The first kappa shape index (κ1) is 9.05. The highest BCUT2D eigenvalue weighted by molar-refractivity contribution is 5.12. The van der Waals surface area contributed by atoms with Crippen LogP contribution in [-0.4, -0.2) is 0 Å². The zero-order valence-corrected chi connectivity index (χ0v) is 7.45. The number of rotatable bonds is 0. The Hall–Kier alpha value is -1.04. The summed E-state index contributed by atoms with van der Waals surface area (Å²) in [4.78, 5) is 0. The summed E-state index contributed by atoms with van der Waals surface area (Å²) in [5.41, 5.74) is 0. The second-order valence-electron chi connectivity index (χ2n) is 2.88. The molecule has 0 heteroatoms. The third-order valence-electron chi connectivity index (χ3n) is 1.79. The van der Waals surface area contributed by atoms with Crippen LogP contribution in [0.4, 0.5) is 0 Å². The molecule has 0 nitrogen and oxygen atoms in total. The number of allylic oxidation sites excluding steroid dienone is 8. The highest BCUT2D eigenvalue weighted by atomic mass is 13.9. The minimum Gasteiger partial charge on any atom is -0.0882 e. The lowest BCUT2D eigenvalue weighted by atomic mass is 10.2. The van der Waals surface area contributed by atoms with E-state index in [1.54, 1.807) is 0 Å². The predicted molar refractivity (Wildman–Crippen MR) is 55.0 cm³/mol. The molecule has 0 saturated carbocycles. The summed E-state index contributed by atoms with van der Waals surface area (Å²) in [5.74, 6) is 0. The summed E-state index contributed by atoms with van der Waals surface area (Å²) in [5, 5.41) is 0. The van der Waals surface area contributed by atoms with E-state index in [0.717, 1.165) is 6.42 Å². The molecular formula is C12H16. The lowest BCUT2D eigenvalue weighted by Crippen LogP contribution is -1.69. The van der Waals surface area contributed by atoms with E-state index < -0.39 is 0 Å². The molecule has 64 valence electrons. The Labute approximate surface area is 75.0 Å². The maximum absolute atomic E-state index is 2.27. The standard InChI is InChI=1S/C12H16/c1-2-4-6-8-10-12-11-9-7-5-3-1/h1-6,9,11H,7-8,10,12H2/b2-1?,5-3?,6-4-,11-9-. The summed E-state index contributed by atoms with van der Waals surface area (Å²) in [6.07, 6.45) is 22.0. The Morgan fingerprint density at radius 2 is 1.33 bits per heavy atom. The molecule has 0 unspecified atom stereocenters. The van der Waals surface area contributed by atoms with E-state index in [0.29, 0.717) is 0 Å². The molecule has 0 aromatic heterocycles. The van der Waals surface area contributed by atoms with Crippen molar-refractivity contribution in [2.45, 2.75) is 25.7 Å². The summed E-state index contributed by atoms with van der Waals surface area (Å²) in [7, 11) is 0. The van der Waals surface area contributed by atoms with Gasteiger partial charge in [-0.25, -0.2) is 0 Å². The van der Waals surface area contributed by atoms with E-state index in [4.69, 9.17) is 0 Å². The van der Waals surface area contributed by atoms with E-state index in [1.165, 1.54) is 19.3 Å². The zero-order chi connectivity index (χ0) is 8.49. The molecule has 0 aromatic carbocycles.